The Morgan fingerprint density at radius 1 is 1.75 bits per heavy atom. The first-order valence-corrected chi connectivity index (χ1v) is 5.51. The summed E-state index contributed by atoms with van der Waals surface area (Å²) in [5.74, 6) is 0. The smallest absolute Gasteiger partial charge is 0.204 e. The van der Waals surface area contributed by atoms with Crippen LogP contribution in [-0.4, -0.2) is 27.8 Å². The van der Waals surface area contributed by atoms with E-state index in [4.69, 9.17) is 0 Å². The summed E-state index contributed by atoms with van der Waals surface area (Å²) in [6, 6.07) is 0. The average molecular weight is 250 g/mol. The third-order valence-corrected chi connectivity index (χ3v) is 2.78. The molecule has 0 aliphatic rings. The van der Waals surface area contributed by atoms with Crippen LogP contribution in [0.1, 0.15) is 13.3 Å². The van der Waals surface area contributed by atoms with Gasteiger partial charge in [0.2, 0.25) is 5.13 Å². The summed E-state index contributed by atoms with van der Waals surface area (Å²) in [5, 5.41) is 0.989. The highest BCUT2D eigenvalue weighted by Crippen LogP contribution is 2.14. The van der Waals surface area contributed by atoms with Gasteiger partial charge in [0.1, 0.15) is 6.33 Å². The normalized spacial score (nSPS) is 12.9. The van der Waals surface area contributed by atoms with Crippen LogP contribution in [0.25, 0.3) is 0 Å². The Hall–Kier alpha value is -0.160. The molecular formula is C7H12BrN3S. The van der Waals surface area contributed by atoms with Crippen molar-refractivity contribution in [2.45, 2.75) is 18.2 Å². The Kier molecular flexibility index (Phi) is 3.94. The Labute approximate surface area is 85.1 Å². The summed E-state index contributed by atoms with van der Waals surface area (Å²) < 4.78 is 3.95. The highest BCUT2D eigenvalue weighted by atomic mass is 79.9. The molecule has 0 radical (unpaired) electrons. The first-order chi connectivity index (χ1) is 5.70. The van der Waals surface area contributed by atoms with Crippen LogP contribution in [-0.2, 0) is 0 Å². The molecule has 0 saturated carbocycles. The second-order valence-corrected chi connectivity index (χ2v) is 5.04. The molecule has 12 heavy (non-hydrogen) atoms. The third-order valence-electron chi connectivity index (χ3n) is 1.54. The summed E-state index contributed by atoms with van der Waals surface area (Å²) in [6.45, 7) is 3.16. The molecule has 1 atom stereocenters. The number of aromatic nitrogens is 2. The maximum Gasteiger partial charge on any atom is 0.204 e. The van der Waals surface area contributed by atoms with Gasteiger partial charge in [0.05, 0.1) is 0 Å². The zero-order valence-corrected chi connectivity index (χ0v) is 9.60. The quantitative estimate of drug-likeness (QED) is 0.767. The fraction of sp³-hybridized carbons (Fsp3) is 0.714. The summed E-state index contributed by atoms with van der Waals surface area (Å²) in [5.41, 5.74) is 0. The standard InChI is InChI=1S/C7H12BrN3S/c1-6(8)3-4-11(2)7-9-5-10-12-7/h5-6H,3-4H2,1-2H3. The van der Waals surface area contributed by atoms with Crippen LogP contribution in [0.5, 0.6) is 0 Å². The molecule has 0 fully saturated rings. The van der Waals surface area contributed by atoms with Crippen molar-refractivity contribution in [1.29, 1.82) is 0 Å². The lowest BCUT2D eigenvalue weighted by molar-refractivity contribution is 0.785. The van der Waals surface area contributed by atoms with E-state index >= 15 is 0 Å². The van der Waals surface area contributed by atoms with Crippen molar-refractivity contribution < 1.29 is 0 Å². The highest BCUT2D eigenvalue weighted by molar-refractivity contribution is 9.09. The second kappa shape index (κ2) is 4.77. The number of anilines is 1. The van der Waals surface area contributed by atoms with Gasteiger partial charge in [0.15, 0.2) is 0 Å². The monoisotopic (exact) mass is 249 g/mol. The Morgan fingerprint density at radius 2 is 2.50 bits per heavy atom. The van der Waals surface area contributed by atoms with Crippen LogP contribution in [0.15, 0.2) is 6.33 Å². The number of nitrogens with zero attached hydrogens (tertiary/aromatic N) is 3. The Balaban J connectivity index is 2.34. The molecule has 0 amide bonds. The van der Waals surface area contributed by atoms with E-state index in [9.17, 15) is 0 Å². The first-order valence-electron chi connectivity index (χ1n) is 3.82. The topological polar surface area (TPSA) is 29.0 Å². The van der Waals surface area contributed by atoms with Gasteiger partial charge in [-0.3, -0.25) is 0 Å². The van der Waals surface area contributed by atoms with E-state index in [2.05, 4.69) is 37.1 Å². The lowest BCUT2D eigenvalue weighted by atomic mass is 10.3. The van der Waals surface area contributed by atoms with Gasteiger partial charge in [-0.25, -0.2) is 4.98 Å². The molecule has 0 spiro atoms. The molecule has 3 nitrogen and oxygen atoms in total. The molecule has 0 N–H and O–H groups in total. The number of hydrogen-bond donors (Lipinski definition) is 0. The molecule has 1 rings (SSSR count). The maximum absolute atomic E-state index is 4.11. The van der Waals surface area contributed by atoms with E-state index in [1.165, 1.54) is 11.5 Å². The molecule has 0 aliphatic carbocycles. The van der Waals surface area contributed by atoms with Gasteiger partial charge in [-0.15, -0.1) is 0 Å². The molecule has 0 aromatic carbocycles. The summed E-state index contributed by atoms with van der Waals surface area (Å²) >= 11 is 4.94. The predicted octanol–water partition coefficient (Wildman–Crippen LogP) is 2.15. The highest BCUT2D eigenvalue weighted by Gasteiger charge is 2.04. The fourth-order valence-corrected chi connectivity index (χ4v) is 1.52. The van der Waals surface area contributed by atoms with Gasteiger partial charge in [0.25, 0.3) is 0 Å². The number of alkyl halides is 1. The van der Waals surface area contributed by atoms with Crippen LogP contribution in [0.3, 0.4) is 0 Å². The van der Waals surface area contributed by atoms with E-state index in [1.807, 2.05) is 7.05 Å². The molecule has 0 bridgehead atoms. The van der Waals surface area contributed by atoms with Gasteiger partial charge >= 0.3 is 0 Å². The van der Waals surface area contributed by atoms with Crippen LogP contribution in [0.4, 0.5) is 5.13 Å². The van der Waals surface area contributed by atoms with Crippen LogP contribution < -0.4 is 4.90 Å². The van der Waals surface area contributed by atoms with Crippen molar-refractivity contribution in [2.75, 3.05) is 18.5 Å². The van der Waals surface area contributed by atoms with E-state index in [0.717, 1.165) is 18.1 Å². The van der Waals surface area contributed by atoms with Crippen molar-refractivity contribution in [3.05, 3.63) is 6.33 Å². The van der Waals surface area contributed by atoms with Crippen molar-refractivity contribution in [3.63, 3.8) is 0 Å². The zero-order chi connectivity index (χ0) is 8.97. The molecule has 1 heterocycles. The molecule has 0 saturated heterocycles. The zero-order valence-electron chi connectivity index (χ0n) is 7.20. The summed E-state index contributed by atoms with van der Waals surface area (Å²) in [6.07, 6.45) is 2.71. The van der Waals surface area contributed by atoms with Gasteiger partial charge in [-0.2, -0.15) is 4.37 Å². The lowest BCUT2D eigenvalue weighted by Gasteiger charge is -2.15. The summed E-state index contributed by atoms with van der Waals surface area (Å²) in [7, 11) is 2.04. The number of rotatable bonds is 4. The van der Waals surface area contributed by atoms with Crippen molar-refractivity contribution in [3.8, 4) is 0 Å². The van der Waals surface area contributed by atoms with E-state index in [1.54, 1.807) is 6.33 Å². The minimum atomic E-state index is 0.563. The largest absolute Gasteiger partial charge is 0.350 e. The minimum Gasteiger partial charge on any atom is -0.350 e. The lowest BCUT2D eigenvalue weighted by Crippen LogP contribution is -2.19. The van der Waals surface area contributed by atoms with E-state index in [0.29, 0.717) is 4.83 Å². The Morgan fingerprint density at radius 3 is 3.00 bits per heavy atom. The molecule has 1 unspecified atom stereocenters. The van der Waals surface area contributed by atoms with Gasteiger partial charge in [0, 0.05) is 30.0 Å². The van der Waals surface area contributed by atoms with E-state index < -0.39 is 0 Å². The van der Waals surface area contributed by atoms with Crippen LogP contribution in [0, 0.1) is 0 Å². The maximum atomic E-state index is 4.11. The predicted molar refractivity (Wildman–Crippen MR) is 56.2 cm³/mol. The van der Waals surface area contributed by atoms with Crippen molar-refractivity contribution >= 4 is 32.6 Å². The molecule has 68 valence electrons. The average Bonchev–Trinajstić information content (AvgIpc) is 2.51. The SMILES string of the molecule is CC(Br)CCN(C)c1ncns1. The van der Waals surface area contributed by atoms with Gasteiger partial charge in [-0.05, 0) is 6.42 Å². The molecule has 1 aromatic rings. The molecule has 0 aliphatic heterocycles. The molecule has 5 heteroatoms. The van der Waals surface area contributed by atoms with Crippen molar-refractivity contribution in [1.82, 2.24) is 9.36 Å². The number of hydrogen-bond acceptors (Lipinski definition) is 4. The van der Waals surface area contributed by atoms with Gasteiger partial charge in [-0.1, -0.05) is 22.9 Å². The van der Waals surface area contributed by atoms with E-state index in [-0.39, 0.29) is 0 Å². The number of halogens is 1. The molecular weight excluding hydrogens is 238 g/mol. The van der Waals surface area contributed by atoms with Crippen LogP contribution in [0.2, 0.25) is 0 Å². The fourth-order valence-electron chi connectivity index (χ4n) is 0.803. The summed E-state index contributed by atoms with van der Waals surface area (Å²) in [4.78, 5) is 6.80. The second-order valence-electron chi connectivity index (χ2n) is 2.71. The van der Waals surface area contributed by atoms with Crippen molar-refractivity contribution in [2.24, 2.45) is 0 Å². The first kappa shape index (κ1) is 9.92. The molecule has 1 aromatic heterocycles. The van der Waals surface area contributed by atoms with Crippen LogP contribution >= 0.6 is 27.5 Å². The Bertz CT molecular complexity index is 212. The third kappa shape index (κ3) is 3.06. The van der Waals surface area contributed by atoms with Gasteiger partial charge < -0.3 is 4.90 Å². The minimum absolute atomic E-state index is 0.563.